The summed E-state index contributed by atoms with van der Waals surface area (Å²) in [5, 5.41) is 6.90. The first-order chi connectivity index (χ1) is 38.6. The Morgan fingerprint density at radius 3 is 2.01 bits per heavy atom. The van der Waals surface area contributed by atoms with Crippen LogP contribution in [0.2, 0.25) is 0 Å². The van der Waals surface area contributed by atoms with Crippen LogP contribution in [-0.2, 0) is 28.7 Å². The van der Waals surface area contributed by atoms with Gasteiger partial charge in [0.2, 0.25) is 5.88 Å². The van der Waals surface area contributed by atoms with E-state index in [4.69, 9.17) is 14.5 Å². The topological polar surface area (TPSA) is 58.1 Å². The maximum Gasteiger partial charge on any atom is 0.232 e. The average Bonchev–Trinajstić information content (AvgIpc) is 4.34. The second-order valence-corrected chi connectivity index (χ2v) is 24.6. The molecule has 4 aliphatic carbocycles. The minimum Gasteiger partial charge on any atom is -0.483 e. The molecule has 6 nitrogen and oxygen atoms in total. The predicted octanol–water partition coefficient (Wildman–Crippen LogP) is 16.5. The van der Waals surface area contributed by atoms with Gasteiger partial charge in [-0.05, 0) is 199 Å². The van der Waals surface area contributed by atoms with Crippen LogP contribution in [-0.4, -0.2) is 49.5 Å². The van der Waals surface area contributed by atoms with Gasteiger partial charge in [0.25, 0.3) is 0 Å². The minimum atomic E-state index is -0.608. The van der Waals surface area contributed by atoms with Crippen molar-refractivity contribution in [2.24, 2.45) is 34.6 Å². The van der Waals surface area contributed by atoms with E-state index in [0.29, 0.717) is 78.6 Å². The highest BCUT2D eigenvalue weighted by Crippen LogP contribution is 2.57. The molecule has 10 heteroatoms. The fourth-order valence-corrected chi connectivity index (χ4v) is 15.3. The third-order valence-corrected chi connectivity index (χ3v) is 19.2. The summed E-state index contributed by atoms with van der Waals surface area (Å²) in [6.07, 6.45) is 13.4. The van der Waals surface area contributed by atoms with Crippen molar-refractivity contribution in [1.82, 2.24) is 15.5 Å². The van der Waals surface area contributed by atoms with Gasteiger partial charge in [0.1, 0.15) is 23.3 Å². The van der Waals surface area contributed by atoms with Crippen molar-refractivity contribution >= 4 is 17.5 Å². The van der Waals surface area contributed by atoms with Crippen LogP contribution in [0.1, 0.15) is 167 Å². The second kappa shape index (κ2) is 24.3. The standard InChI is InChI=1S/C70H82F4N4O2/c1-11-52(70(41(5)6)75-43(8)79-9)53-20-16-21-54(53)64-38-49-34-58(60(72)39-63(49)76-64)56-28-27-55(67(56)51-36-61(73)68(62(74)37-51)46-25-23-45(24-26-46)30-44-18-14-13-15-19-44)57-33-47-31-50(32-48(47)35-59(57)71)65-22-17-29-78(65)42(7)69(40(3)4)77-66(12-2)80-10/h13-15,18-19,32-37,39-41,45-46,53-56,65,67,69-70,75,77H,1-2,7-8,16-17,20-31,38H2,3-6,9-10H3/t45?,46?,53?,54-,55-,56-,65+,67?,69+,70+/m1/s1. The summed E-state index contributed by atoms with van der Waals surface area (Å²) in [5.74, 6) is -1.61. The Labute approximate surface area is 473 Å². The molecule has 0 spiro atoms. The highest BCUT2D eigenvalue weighted by molar-refractivity contribution is 5.96. The Balaban J connectivity index is 0.948. The zero-order chi connectivity index (χ0) is 56.5. The van der Waals surface area contributed by atoms with Gasteiger partial charge in [-0.3, -0.25) is 4.99 Å². The smallest absolute Gasteiger partial charge is 0.232 e. The summed E-state index contributed by atoms with van der Waals surface area (Å²) in [5.41, 5.74) is 16.7. The molecular formula is C70H82F4N4O2. The molecule has 2 heterocycles. The fraction of sp³-hybridized carbons (Fsp3) is 0.471. The monoisotopic (exact) mass is 1090 g/mol. The Morgan fingerprint density at radius 2 is 1.38 bits per heavy atom. The van der Waals surface area contributed by atoms with Gasteiger partial charge in [-0.2, -0.15) is 0 Å². The van der Waals surface area contributed by atoms with Gasteiger partial charge in [-0.1, -0.05) is 108 Å². The first-order valence-electron chi connectivity index (χ1n) is 29.6. The first-order valence-corrected chi connectivity index (χ1v) is 29.6. The Bertz CT molecular complexity index is 3130. The summed E-state index contributed by atoms with van der Waals surface area (Å²) in [6.45, 7) is 26.0. The van der Waals surface area contributed by atoms with Crippen molar-refractivity contribution < 1.29 is 27.0 Å². The molecule has 4 aromatic rings. The normalized spacial score (nSPS) is 24.8. The lowest BCUT2D eigenvalue weighted by molar-refractivity contribution is 0.226. The molecule has 1 saturated heterocycles. The quantitative estimate of drug-likeness (QED) is 0.0525. The minimum absolute atomic E-state index is 0.0803. The highest BCUT2D eigenvalue weighted by atomic mass is 19.1. The molecular weight excluding hydrogens is 1000 g/mol. The van der Waals surface area contributed by atoms with Crippen molar-refractivity contribution in [2.45, 2.75) is 159 Å². The molecule has 0 bridgehead atoms. The molecule has 0 radical (unpaired) electrons. The van der Waals surface area contributed by atoms with Crippen LogP contribution in [0.5, 0.6) is 0 Å². The number of fused-ring (bicyclic) bond motifs is 2. The molecule has 0 amide bonds. The number of hydrogen-bond acceptors (Lipinski definition) is 6. The number of rotatable bonds is 20. The van der Waals surface area contributed by atoms with E-state index in [1.165, 1.54) is 23.3 Å². The Morgan fingerprint density at radius 1 is 0.700 bits per heavy atom. The van der Waals surface area contributed by atoms with E-state index in [2.05, 4.69) is 111 Å². The molecule has 4 aromatic carbocycles. The van der Waals surface area contributed by atoms with Gasteiger partial charge in [0.15, 0.2) is 5.88 Å². The lowest BCUT2D eigenvalue weighted by Gasteiger charge is -2.36. The van der Waals surface area contributed by atoms with E-state index in [0.717, 1.165) is 91.6 Å². The summed E-state index contributed by atoms with van der Waals surface area (Å²) < 4.78 is 79.5. The largest absolute Gasteiger partial charge is 0.483 e. The van der Waals surface area contributed by atoms with E-state index < -0.39 is 35.2 Å². The number of nitrogens with one attached hydrogen (secondary N) is 2. The van der Waals surface area contributed by atoms with Gasteiger partial charge in [-0.15, -0.1) is 5.73 Å². The zero-order valence-electron chi connectivity index (χ0n) is 48.0. The van der Waals surface area contributed by atoms with Crippen LogP contribution >= 0.6 is 0 Å². The molecule has 3 saturated carbocycles. The Kier molecular flexibility index (Phi) is 17.3. The number of likely N-dealkylation sites (tertiary alicyclic amines) is 1. The van der Waals surface area contributed by atoms with E-state index >= 15 is 17.6 Å². The zero-order valence-corrected chi connectivity index (χ0v) is 48.0. The van der Waals surface area contributed by atoms with E-state index in [1.54, 1.807) is 26.4 Å². The van der Waals surface area contributed by atoms with Crippen LogP contribution in [0.3, 0.4) is 0 Å². The third kappa shape index (κ3) is 11.4. The average molecular weight is 1090 g/mol. The maximum atomic E-state index is 17.2. The number of ether oxygens (including phenoxy) is 2. The molecule has 0 aromatic heterocycles. The van der Waals surface area contributed by atoms with Crippen LogP contribution in [0.4, 0.5) is 23.2 Å². The summed E-state index contributed by atoms with van der Waals surface area (Å²) in [7, 11) is 3.20. The molecule has 2 aliphatic heterocycles. The highest BCUT2D eigenvalue weighted by Gasteiger charge is 2.45. The van der Waals surface area contributed by atoms with Gasteiger partial charge in [-0.25, -0.2) is 17.6 Å². The number of nitrogens with zero attached hydrogens (tertiary/aromatic N) is 2. The number of aliphatic imine (C=N–C) groups is 1. The molecule has 6 aliphatic rings. The van der Waals surface area contributed by atoms with E-state index in [1.807, 2.05) is 18.2 Å². The number of hydrogen-bond donors (Lipinski definition) is 2. The summed E-state index contributed by atoms with van der Waals surface area (Å²) in [6, 6.07) is 20.5. The van der Waals surface area contributed by atoms with Crippen molar-refractivity contribution in [3.8, 4) is 0 Å². The second-order valence-electron chi connectivity index (χ2n) is 24.6. The molecule has 422 valence electrons. The van der Waals surface area contributed by atoms with E-state index in [-0.39, 0.29) is 59.1 Å². The molecule has 2 N–H and O–H groups in total. The number of benzene rings is 4. The molecule has 10 rings (SSSR count). The van der Waals surface area contributed by atoms with Gasteiger partial charge in [0.05, 0.1) is 38.0 Å². The van der Waals surface area contributed by atoms with Crippen LogP contribution in [0, 0.1) is 52.9 Å². The van der Waals surface area contributed by atoms with Crippen molar-refractivity contribution in [3.05, 3.63) is 201 Å². The first kappa shape index (κ1) is 56.8. The summed E-state index contributed by atoms with van der Waals surface area (Å²) >= 11 is 0. The van der Waals surface area contributed by atoms with Crippen molar-refractivity contribution in [3.63, 3.8) is 0 Å². The van der Waals surface area contributed by atoms with Gasteiger partial charge < -0.3 is 25.0 Å². The van der Waals surface area contributed by atoms with E-state index in [9.17, 15) is 0 Å². The van der Waals surface area contributed by atoms with Gasteiger partial charge >= 0.3 is 0 Å². The van der Waals surface area contributed by atoms with Crippen molar-refractivity contribution in [1.29, 1.82) is 0 Å². The molecule has 2 unspecified atom stereocenters. The lowest BCUT2D eigenvalue weighted by atomic mass is 9.74. The van der Waals surface area contributed by atoms with Crippen LogP contribution in [0.15, 0.2) is 138 Å². The molecule has 8 atom stereocenters. The third-order valence-electron chi connectivity index (χ3n) is 19.2. The molecule has 80 heavy (non-hydrogen) atoms. The molecule has 4 fully saturated rings. The number of halogens is 4. The lowest BCUT2D eigenvalue weighted by Crippen LogP contribution is -2.43. The maximum absolute atomic E-state index is 17.2. The van der Waals surface area contributed by atoms with Crippen molar-refractivity contribution in [2.75, 3.05) is 20.8 Å². The van der Waals surface area contributed by atoms with Crippen LogP contribution < -0.4 is 10.6 Å². The fourth-order valence-electron chi connectivity index (χ4n) is 15.3. The Hall–Kier alpha value is -6.47. The SMILES string of the molecule is C=C=C(N[C@H](C(=C)N1CCC[C@H]1C1=Cc2cc(F)c([C@H]3CC[C@H](c4cc5c(cc4F)N=C([C@@H]4CCCC4C(=C=C)[C@@H](NC(=C)OC)C(C)C)C5)C3c3cc(F)c(C4CCC(Cc5ccccc5)CC4)c(F)c3)cc2C1)C(C)C)OC. The van der Waals surface area contributed by atoms with Crippen LogP contribution in [0.25, 0.3) is 6.08 Å². The van der Waals surface area contributed by atoms with Gasteiger partial charge in [0, 0.05) is 41.9 Å². The predicted molar refractivity (Wildman–Crippen MR) is 316 cm³/mol. The number of methoxy groups -OCH3 is 2. The summed E-state index contributed by atoms with van der Waals surface area (Å²) in [4.78, 5) is 7.54.